The molecular weight excluding hydrogens is 420 g/mol. The number of rotatable bonds is 5. The highest BCUT2D eigenvalue weighted by Crippen LogP contribution is 2.42. The summed E-state index contributed by atoms with van der Waals surface area (Å²) < 4.78 is 1.38. The number of phenolic OH excluding ortho intramolecular Hbond substituents is 1. The molecule has 2 amide bonds. The second-order valence-electron chi connectivity index (χ2n) is 7.91. The van der Waals surface area contributed by atoms with Crippen molar-refractivity contribution >= 4 is 28.7 Å². The van der Waals surface area contributed by atoms with Crippen LogP contribution in [0.25, 0.3) is 22.3 Å². The Balaban J connectivity index is 1.38. The highest BCUT2D eigenvalue weighted by molar-refractivity contribution is 6.03. The van der Waals surface area contributed by atoms with E-state index in [1.807, 2.05) is 31.2 Å². The first-order valence-corrected chi connectivity index (χ1v) is 10.8. The molecule has 0 unspecified atom stereocenters. The van der Waals surface area contributed by atoms with Crippen molar-refractivity contribution in [3.63, 3.8) is 0 Å². The van der Waals surface area contributed by atoms with Gasteiger partial charge in [0.05, 0.1) is 28.6 Å². The molecule has 3 N–H and O–H groups in total. The van der Waals surface area contributed by atoms with E-state index in [0.29, 0.717) is 40.4 Å². The minimum Gasteiger partial charge on any atom is -0.507 e. The van der Waals surface area contributed by atoms with E-state index >= 15 is 0 Å². The van der Waals surface area contributed by atoms with Gasteiger partial charge in [0, 0.05) is 29.8 Å². The molecule has 0 aliphatic heterocycles. The Bertz CT molecular complexity index is 1380. The van der Waals surface area contributed by atoms with Gasteiger partial charge in [-0.05, 0) is 50.1 Å². The van der Waals surface area contributed by atoms with Gasteiger partial charge in [-0.3, -0.25) is 9.78 Å². The zero-order valence-electron chi connectivity index (χ0n) is 17.9. The molecule has 33 heavy (non-hydrogen) atoms. The first-order chi connectivity index (χ1) is 16.0. The maximum atomic E-state index is 12.6. The summed E-state index contributed by atoms with van der Waals surface area (Å²) in [5.41, 5.74) is 3.71. The van der Waals surface area contributed by atoms with E-state index in [2.05, 4.69) is 25.7 Å². The van der Waals surface area contributed by atoms with Gasteiger partial charge in [0.25, 0.3) is 5.91 Å². The van der Waals surface area contributed by atoms with Crippen molar-refractivity contribution in [2.75, 3.05) is 11.9 Å². The average Bonchev–Trinajstić information content (AvgIpc) is 3.57. The van der Waals surface area contributed by atoms with Crippen molar-refractivity contribution in [3.8, 4) is 17.0 Å². The third kappa shape index (κ3) is 4.12. The van der Waals surface area contributed by atoms with Gasteiger partial charge in [0.2, 0.25) is 0 Å². The van der Waals surface area contributed by atoms with Gasteiger partial charge in [0.1, 0.15) is 11.4 Å². The summed E-state index contributed by atoms with van der Waals surface area (Å²) in [7, 11) is 0. The van der Waals surface area contributed by atoms with Crippen molar-refractivity contribution in [1.82, 2.24) is 25.1 Å². The fourth-order valence-electron chi connectivity index (χ4n) is 3.67. The third-order valence-corrected chi connectivity index (χ3v) is 5.47. The molecule has 0 saturated heterocycles. The van der Waals surface area contributed by atoms with Crippen LogP contribution in [0.1, 0.15) is 41.9 Å². The van der Waals surface area contributed by atoms with Crippen molar-refractivity contribution in [3.05, 3.63) is 66.1 Å². The Morgan fingerprint density at radius 2 is 1.91 bits per heavy atom. The lowest BCUT2D eigenvalue weighted by Crippen LogP contribution is -2.30. The number of nitrogens with one attached hydrogen (secondary N) is 2. The van der Waals surface area contributed by atoms with Crippen LogP contribution in [-0.2, 0) is 0 Å². The van der Waals surface area contributed by atoms with Crippen LogP contribution in [-0.4, -0.2) is 43.3 Å². The zero-order valence-corrected chi connectivity index (χ0v) is 17.9. The minimum atomic E-state index is -0.433. The van der Waals surface area contributed by atoms with Crippen LogP contribution >= 0.6 is 0 Å². The Morgan fingerprint density at radius 3 is 2.64 bits per heavy atom. The Kier molecular flexibility index (Phi) is 5.21. The number of para-hydroxylation sites is 2. The largest absolute Gasteiger partial charge is 0.507 e. The van der Waals surface area contributed by atoms with Crippen LogP contribution in [0.5, 0.6) is 5.75 Å². The molecule has 9 heteroatoms. The van der Waals surface area contributed by atoms with E-state index in [0.717, 1.165) is 18.5 Å². The number of carbonyl (C=O) groups excluding carboxylic acids is 2. The van der Waals surface area contributed by atoms with Crippen LogP contribution in [0.4, 0.5) is 10.5 Å². The van der Waals surface area contributed by atoms with E-state index in [4.69, 9.17) is 0 Å². The molecule has 1 aliphatic rings. The van der Waals surface area contributed by atoms with Crippen LogP contribution in [0.3, 0.4) is 0 Å². The Labute approximate surface area is 189 Å². The first-order valence-electron chi connectivity index (χ1n) is 10.8. The number of phenols is 1. The number of aromatic hydroxyl groups is 1. The standard InChI is InChI=1S/C24H22N6O3/c1-2-25-24(33)30-21(14-7-8-14)12-19(29-30)16-10-9-15(11-22(16)31)27-23(32)20-13-26-17-5-3-4-6-18(17)28-20/h3-6,9-14,31H,2,7-8H2,1H3,(H,25,33)(H,27,32). The number of aromatic nitrogens is 4. The summed E-state index contributed by atoms with van der Waals surface area (Å²) in [6.45, 7) is 2.35. The topological polar surface area (TPSA) is 122 Å². The summed E-state index contributed by atoms with van der Waals surface area (Å²) in [4.78, 5) is 33.6. The number of hydrogen-bond donors (Lipinski definition) is 3. The predicted octanol–water partition coefficient (Wildman–Crippen LogP) is 3.91. The van der Waals surface area contributed by atoms with Crippen molar-refractivity contribution in [1.29, 1.82) is 0 Å². The molecule has 1 aliphatic carbocycles. The average molecular weight is 442 g/mol. The van der Waals surface area contributed by atoms with Gasteiger partial charge < -0.3 is 15.7 Å². The Morgan fingerprint density at radius 1 is 1.12 bits per heavy atom. The molecule has 0 radical (unpaired) electrons. The van der Waals surface area contributed by atoms with Gasteiger partial charge in [-0.2, -0.15) is 9.78 Å². The molecule has 1 fully saturated rings. The lowest BCUT2D eigenvalue weighted by atomic mass is 10.1. The highest BCUT2D eigenvalue weighted by Gasteiger charge is 2.30. The monoisotopic (exact) mass is 442 g/mol. The Hall–Kier alpha value is -4.27. The molecular formula is C24H22N6O3. The molecule has 5 rings (SSSR count). The maximum Gasteiger partial charge on any atom is 0.342 e. The summed E-state index contributed by atoms with van der Waals surface area (Å²) in [5, 5.41) is 20.6. The fourth-order valence-corrected chi connectivity index (χ4v) is 3.67. The molecule has 1 saturated carbocycles. The van der Waals surface area contributed by atoms with Gasteiger partial charge in [0.15, 0.2) is 0 Å². The number of benzene rings is 2. The molecule has 0 bridgehead atoms. The first kappa shape index (κ1) is 20.6. The summed E-state index contributed by atoms with van der Waals surface area (Å²) in [6.07, 6.45) is 3.44. The lowest BCUT2D eigenvalue weighted by Gasteiger charge is -2.08. The van der Waals surface area contributed by atoms with E-state index < -0.39 is 5.91 Å². The SMILES string of the molecule is CCNC(=O)n1nc(-c2ccc(NC(=O)c3cnc4ccccc4n3)cc2O)cc1C1CC1. The smallest absolute Gasteiger partial charge is 0.342 e. The van der Waals surface area contributed by atoms with Gasteiger partial charge in [-0.1, -0.05) is 12.1 Å². The number of nitrogens with zero attached hydrogens (tertiary/aromatic N) is 4. The molecule has 2 aromatic carbocycles. The van der Waals surface area contributed by atoms with E-state index in [-0.39, 0.29) is 17.5 Å². The molecule has 0 atom stereocenters. The highest BCUT2D eigenvalue weighted by atomic mass is 16.3. The van der Waals surface area contributed by atoms with E-state index in [1.165, 1.54) is 16.9 Å². The molecule has 9 nitrogen and oxygen atoms in total. The van der Waals surface area contributed by atoms with Gasteiger partial charge in [-0.15, -0.1) is 0 Å². The van der Waals surface area contributed by atoms with E-state index in [9.17, 15) is 14.7 Å². The van der Waals surface area contributed by atoms with Crippen LogP contribution in [0.2, 0.25) is 0 Å². The molecule has 4 aromatic rings. The zero-order chi connectivity index (χ0) is 22.9. The van der Waals surface area contributed by atoms with Crippen LogP contribution in [0, 0.1) is 0 Å². The third-order valence-electron chi connectivity index (χ3n) is 5.47. The molecule has 166 valence electrons. The van der Waals surface area contributed by atoms with Gasteiger partial charge >= 0.3 is 6.03 Å². The molecule has 2 aromatic heterocycles. The number of hydrogen-bond acceptors (Lipinski definition) is 6. The van der Waals surface area contributed by atoms with Crippen molar-refractivity contribution < 1.29 is 14.7 Å². The predicted molar refractivity (Wildman–Crippen MR) is 123 cm³/mol. The number of fused-ring (bicyclic) bond motifs is 1. The quantitative estimate of drug-likeness (QED) is 0.431. The molecule has 0 spiro atoms. The summed E-state index contributed by atoms with van der Waals surface area (Å²) >= 11 is 0. The number of amides is 2. The van der Waals surface area contributed by atoms with Gasteiger partial charge in [-0.25, -0.2) is 9.78 Å². The maximum absolute atomic E-state index is 12.6. The molecule has 2 heterocycles. The fraction of sp³-hybridized carbons (Fsp3) is 0.208. The summed E-state index contributed by atoms with van der Waals surface area (Å²) in [5.74, 6) is -0.185. The number of carbonyl (C=O) groups is 2. The van der Waals surface area contributed by atoms with E-state index in [1.54, 1.807) is 18.2 Å². The minimum absolute atomic E-state index is 0.0553. The second kappa shape index (κ2) is 8.34. The summed E-state index contributed by atoms with van der Waals surface area (Å²) in [6, 6.07) is 13.6. The van der Waals surface area contributed by atoms with Crippen molar-refractivity contribution in [2.45, 2.75) is 25.7 Å². The second-order valence-corrected chi connectivity index (χ2v) is 7.91. The van der Waals surface area contributed by atoms with Crippen LogP contribution < -0.4 is 10.6 Å². The lowest BCUT2D eigenvalue weighted by molar-refractivity contribution is 0.102. The van der Waals surface area contributed by atoms with Crippen molar-refractivity contribution in [2.24, 2.45) is 0 Å². The van der Waals surface area contributed by atoms with Crippen LogP contribution in [0.15, 0.2) is 54.7 Å². The normalized spacial score (nSPS) is 13.1. The number of anilines is 1.